The molecule has 0 fully saturated rings. The molecule has 0 spiro atoms. The molecule has 0 unspecified atom stereocenters. The number of nitrogens with one attached hydrogen (secondary N) is 1. The number of carbonyl (C=O) groups is 2. The third-order valence-corrected chi connectivity index (χ3v) is 3.52. The highest BCUT2D eigenvalue weighted by atomic mass is 79.9. The number of nitrogens with zero attached hydrogens (tertiary/aromatic N) is 1. The predicted molar refractivity (Wildman–Crippen MR) is 94.1 cm³/mol. The fourth-order valence-corrected chi connectivity index (χ4v) is 2.15. The summed E-state index contributed by atoms with van der Waals surface area (Å²) in [5.41, 5.74) is 0.570. The molecule has 0 aliphatic rings. The lowest BCUT2D eigenvalue weighted by molar-refractivity contribution is -0.130. The van der Waals surface area contributed by atoms with Crippen molar-refractivity contribution in [3.8, 4) is 0 Å². The first-order valence-corrected chi connectivity index (χ1v) is 8.42. The van der Waals surface area contributed by atoms with Crippen molar-refractivity contribution in [1.82, 2.24) is 10.2 Å². The SMILES string of the molecule is CN(Cc1ccc(Br)cc1)C(=O)CCCNC(=O)OC(C)(C)C. The van der Waals surface area contributed by atoms with Crippen molar-refractivity contribution in [2.45, 2.75) is 45.8 Å². The maximum absolute atomic E-state index is 12.1. The van der Waals surface area contributed by atoms with Gasteiger partial charge in [-0.15, -0.1) is 0 Å². The maximum atomic E-state index is 12.1. The Morgan fingerprint density at radius 3 is 2.39 bits per heavy atom. The second-order valence-corrected chi connectivity index (χ2v) is 7.32. The van der Waals surface area contributed by atoms with Crippen molar-refractivity contribution in [3.63, 3.8) is 0 Å². The number of amides is 2. The van der Waals surface area contributed by atoms with Crippen molar-refractivity contribution in [2.24, 2.45) is 0 Å². The van der Waals surface area contributed by atoms with E-state index in [-0.39, 0.29) is 5.91 Å². The van der Waals surface area contributed by atoms with Gasteiger partial charge in [-0.3, -0.25) is 4.79 Å². The predicted octanol–water partition coefficient (Wildman–Crippen LogP) is 3.71. The van der Waals surface area contributed by atoms with E-state index in [1.807, 2.05) is 45.0 Å². The minimum Gasteiger partial charge on any atom is -0.444 e. The van der Waals surface area contributed by atoms with Crippen LogP contribution >= 0.6 is 15.9 Å². The van der Waals surface area contributed by atoms with Gasteiger partial charge in [0.25, 0.3) is 0 Å². The van der Waals surface area contributed by atoms with Crippen LogP contribution < -0.4 is 5.32 Å². The number of carbonyl (C=O) groups excluding carboxylic acids is 2. The van der Waals surface area contributed by atoms with E-state index in [2.05, 4.69) is 21.2 Å². The number of halogens is 1. The normalized spacial score (nSPS) is 11.0. The van der Waals surface area contributed by atoms with E-state index in [0.29, 0.717) is 25.9 Å². The van der Waals surface area contributed by atoms with Crippen LogP contribution in [0.5, 0.6) is 0 Å². The van der Waals surface area contributed by atoms with Gasteiger partial charge >= 0.3 is 6.09 Å². The van der Waals surface area contributed by atoms with E-state index < -0.39 is 11.7 Å². The molecule has 0 aromatic heterocycles. The smallest absolute Gasteiger partial charge is 0.407 e. The zero-order valence-electron chi connectivity index (χ0n) is 14.2. The molecule has 1 rings (SSSR count). The molecule has 6 heteroatoms. The van der Waals surface area contributed by atoms with Crippen LogP contribution in [0.15, 0.2) is 28.7 Å². The van der Waals surface area contributed by atoms with Crippen LogP contribution in [-0.4, -0.2) is 36.1 Å². The number of hydrogen-bond donors (Lipinski definition) is 1. The molecular formula is C17H25BrN2O3. The van der Waals surface area contributed by atoms with Crippen LogP contribution in [0, 0.1) is 0 Å². The Morgan fingerprint density at radius 1 is 1.22 bits per heavy atom. The van der Waals surface area contributed by atoms with Gasteiger partial charge in [0.1, 0.15) is 5.60 Å². The van der Waals surface area contributed by atoms with Gasteiger partial charge in [-0.05, 0) is 44.9 Å². The molecule has 0 aliphatic heterocycles. The minimum absolute atomic E-state index is 0.0545. The van der Waals surface area contributed by atoms with Gasteiger partial charge in [0.05, 0.1) is 0 Å². The second kappa shape index (κ2) is 8.91. The summed E-state index contributed by atoms with van der Waals surface area (Å²) in [7, 11) is 1.78. The Kier molecular flexibility index (Phi) is 7.55. The van der Waals surface area contributed by atoms with Gasteiger partial charge in [0, 0.05) is 31.0 Å². The van der Waals surface area contributed by atoms with E-state index >= 15 is 0 Å². The van der Waals surface area contributed by atoms with Crippen molar-refractivity contribution in [1.29, 1.82) is 0 Å². The summed E-state index contributed by atoms with van der Waals surface area (Å²) >= 11 is 3.39. The summed E-state index contributed by atoms with van der Waals surface area (Å²) < 4.78 is 6.15. The molecule has 128 valence electrons. The Balaban J connectivity index is 2.25. The molecule has 23 heavy (non-hydrogen) atoms. The summed E-state index contributed by atoms with van der Waals surface area (Å²) in [5.74, 6) is 0.0545. The molecule has 0 aliphatic carbocycles. The van der Waals surface area contributed by atoms with Crippen LogP contribution in [0.25, 0.3) is 0 Å². The van der Waals surface area contributed by atoms with Gasteiger partial charge in [0.2, 0.25) is 5.91 Å². The van der Waals surface area contributed by atoms with E-state index in [4.69, 9.17) is 4.74 Å². The molecule has 2 amide bonds. The van der Waals surface area contributed by atoms with E-state index in [9.17, 15) is 9.59 Å². The summed E-state index contributed by atoms with van der Waals surface area (Å²) in [6.07, 6.45) is 0.527. The first kappa shape index (κ1) is 19.5. The number of rotatable bonds is 6. The highest BCUT2D eigenvalue weighted by Crippen LogP contribution is 2.12. The number of alkyl carbamates (subject to hydrolysis) is 1. The lowest BCUT2D eigenvalue weighted by Crippen LogP contribution is -2.33. The third-order valence-electron chi connectivity index (χ3n) is 2.99. The minimum atomic E-state index is -0.509. The lowest BCUT2D eigenvalue weighted by atomic mass is 10.2. The fraction of sp³-hybridized carbons (Fsp3) is 0.529. The number of benzene rings is 1. The van der Waals surface area contributed by atoms with Gasteiger partial charge in [-0.2, -0.15) is 0 Å². The van der Waals surface area contributed by atoms with Crippen molar-refractivity contribution < 1.29 is 14.3 Å². The van der Waals surface area contributed by atoms with Crippen LogP contribution in [0.1, 0.15) is 39.2 Å². The topological polar surface area (TPSA) is 58.6 Å². The number of hydrogen-bond acceptors (Lipinski definition) is 3. The molecule has 1 aromatic rings. The monoisotopic (exact) mass is 384 g/mol. The average molecular weight is 385 g/mol. The molecule has 0 heterocycles. The van der Waals surface area contributed by atoms with Gasteiger partial charge < -0.3 is 15.0 Å². The van der Waals surface area contributed by atoms with Crippen LogP contribution in [0.3, 0.4) is 0 Å². The van der Waals surface area contributed by atoms with Crippen molar-refractivity contribution in [2.75, 3.05) is 13.6 Å². The van der Waals surface area contributed by atoms with Crippen molar-refractivity contribution >= 4 is 27.9 Å². The summed E-state index contributed by atoms with van der Waals surface area (Å²) in [4.78, 5) is 25.2. The summed E-state index contributed by atoms with van der Waals surface area (Å²) in [6, 6.07) is 7.88. The van der Waals surface area contributed by atoms with Crippen LogP contribution in [-0.2, 0) is 16.1 Å². The highest BCUT2D eigenvalue weighted by molar-refractivity contribution is 9.10. The van der Waals surface area contributed by atoms with E-state index in [0.717, 1.165) is 10.0 Å². The molecule has 0 bridgehead atoms. The van der Waals surface area contributed by atoms with E-state index in [1.165, 1.54) is 0 Å². The van der Waals surface area contributed by atoms with Gasteiger partial charge in [-0.25, -0.2) is 4.79 Å². The first-order valence-electron chi connectivity index (χ1n) is 7.62. The Morgan fingerprint density at radius 2 is 1.83 bits per heavy atom. The summed E-state index contributed by atoms with van der Waals surface area (Å²) in [5, 5.41) is 2.65. The molecule has 0 saturated carbocycles. The van der Waals surface area contributed by atoms with E-state index in [1.54, 1.807) is 11.9 Å². The Hall–Kier alpha value is -1.56. The van der Waals surface area contributed by atoms with Crippen LogP contribution in [0.4, 0.5) is 4.79 Å². The van der Waals surface area contributed by atoms with Crippen LogP contribution in [0.2, 0.25) is 0 Å². The fourth-order valence-electron chi connectivity index (χ4n) is 1.89. The molecule has 1 N–H and O–H groups in total. The standard InChI is InChI=1S/C17H25BrN2O3/c1-17(2,3)23-16(22)19-11-5-6-15(21)20(4)12-13-7-9-14(18)10-8-13/h7-10H,5-6,11-12H2,1-4H3,(H,19,22). The van der Waals surface area contributed by atoms with Crippen molar-refractivity contribution in [3.05, 3.63) is 34.3 Å². The molecule has 0 radical (unpaired) electrons. The zero-order chi connectivity index (χ0) is 17.5. The Labute approximate surface area is 146 Å². The third kappa shape index (κ3) is 8.59. The molecule has 0 saturated heterocycles. The van der Waals surface area contributed by atoms with Gasteiger partial charge in [0.15, 0.2) is 0 Å². The average Bonchev–Trinajstić information content (AvgIpc) is 2.44. The molecule has 1 aromatic carbocycles. The summed E-state index contributed by atoms with van der Waals surface area (Å²) in [6.45, 7) is 6.44. The zero-order valence-corrected chi connectivity index (χ0v) is 15.8. The highest BCUT2D eigenvalue weighted by Gasteiger charge is 2.15. The molecule has 0 atom stereocenters. The largest absolute Gasteiger partial charge is 0.444 e. The molecule has 5 nitrogen and oxygen atoms in total. The second-order valence-electron chi connectivity index (χ2n) is 6.41. The van der Waals surface area contributed by atoms with Gasteiger partial charge in [-0.1, -0.05) is 28.1 Å². The molecular weight excluding hydrogens is 360 g/mol. The first-order chi connectivity index (χ1) is 10.7. The maximum Gasteiger partial charge on any atom is 0.407 e. The quantitative estimate of drug-likeness (QED) is 0.760. The lowest BCUT2D eigenvalue weighted by Gasteiger charge is -2.20. The number of ether oxygens (including phenoxy) is 1. The Bertz CT molecular complexity index is 524.